The van der Waals surface area contributed by atoms with E-state index in [-0.39, 0.29) is 11.2 Å². The number of fused-ring (bicyclic) bond motifs is 2. The largest absolute Gasteiger partial charge is 0.495 e. The summed E-state index contributed by atoms with van der Waals surface area (Å²) in [6.07, 6.45) is 19.1. The van der Waals surface area contributed by atoms with Crippen LogP contribution in [0.25, 0.3) is 17.8 Å². The summed E-state index contributed by atoms with van der Waals surface area (Å²) in [7, 11) is 1.67. The average molecular weight is 444 g/mol. The molecule has 2 aliphatic rings. The molecule has 1 spiro atoms. The van der Waals surface area contributed by atoms with Gasteiger partial charge in [-0.15, -0.1) is 0 Å². The minimum atomic E-state index is -0.251. The van der Waals surface area contributed by atoms with Crippen molar-refractivity contribution in [3.8, 4) is 11.4 Å². The maximum atomic E-state index is 13.6. The van der Waals surface area contributed by atoms with Crippen LogP contribution in [0.15, 0.2) is 66.9 Å². The second kappa shape index (κ2) is 8.65. The van der Waals surface area contributed by atoms with Crippen molar-refractivity contribution in [1.29, 1.82) is 0 Å². The molecule has 1 aliphatic carbocycles. The number of ether oxygens (including phenoxy) is 1. The van der Waals surface area contributed by atoms with E-state index < -0.39 is 0 Å². The Morgan fingerprint density at radius 2 is 2.15 bits per heavy atom. The fraction of sp³-hybridized carbons (Fsp3) is 0.269. The Hall–Kier alpha value is -3.74. The van der Waals surface area contributed by atoms with Gasteiger partial charge < -0.3 is 9.30 Å². The molecular formula is C26H26FN5O. The molecule has 1 unspecified atom stereocenters. The van der Waals surface area contributed by atoms with Crippen molar-refractivity contribution in [2.24, 2.45) is 0 Å². The van der Waals surface area contributed by atoms with Crippen molar-refractivity contribution in [2.45, 2.75) is 38.1 Å². The Morgan fingerprint density at radius 1 is 1.24 bits per heavy atom. The summed E-state index contributed by atoms with van der Waals surface area (Å²) in [6.45, 7) is 2.80. The van der Waals surface area contributed by atoms with Gasteiger partial charge in [-0.05, 0) is 62.1 Å². The van der Waals surface area contributed by atoms with Gasteiger partial charge in [0.2, 0.25) is 0 Å². The Kier molecular flexibility index (Phi) is 5.54. The quantitative estimate of drug-likeness (QED) is 0.545. The second-order valence-electron chi connectivity index (χ2n) is 8.48. The van der Waals surface area contributed by atoms with Crippen molar-refractivity contribution >= 4 is 12.2 Å². The number of benzene rings is 1. The number of hydrogen-bond donors (Lipinski definition) is 0. The number of rotatable bonds is 4. The zero-order valence-electron chi connectivity index (χ0n) is 18.8. The van der Waals surface area contributed by atoms with Gasteiger partial charge in [0.15, 0.2) is 5.82 Å². The molecule has 2 aromatic heterocycles. The molecule has 0 saturated carbocycles. The van der Waals surface area contributed by atoms with Crippen molar-refractivity contribution < 1.29 is 9.13 Å². The topological polar surface area (TPSA) is 57.8 Å². The zero-order valence-corrected chi connectivity index (χ0v) is 18.8. The third-order valence-corrected chi connectivity index (χ3v) is 6.17. The highest BCUT2D eigenvalue weighted by atomic mass is 19.1. The minimum Gasteiger partial charge on any atom is -0.495 e. The first kappa shape index (κ1) is 21.1. The van der Waals surface area contributed by atoms with E-state index in [2.05, 4.69) is 11.1 Å². The summed E-state index contributed by atoms with van der Waals surface area (Å²) in [6, 6.07) is 6.03. The van der Waals surface area contributed by atoms with E-state index >= 15 is 0 Å². The smallest absolute Gasteiger partial charge is 0.174 e. The van der Waals surface area contributed by atoms with Crippen LogP contribution in [-0.4, -0.2) is 31.4 Å². The van der Waals surface area contributed by atoms with E-state index in [0.29, 0.717) is 12.2 Å². The van der Waals surface area contributed by atoms with Crippen LogP contribution in [0.1, 0.15) is 42.2 Å². The number of nitrogens with zero attached hydrogens (tertiary/aromatic N) is 5. The third kappa shape index (κ3) is 4.18. The highest BCUT2D eigenvalue weighted by molar-refractivity contribution is 5.69. The molecule has 3 aromatic rings. The van der Waals surface area contributed by atoms with Crippen molar-refractivity contribution in [1.82, 2.24) is 24.3 Å². The Morgan fingerprint density at radius 3 is 2.97 bits per heavy atom. The van der Waals surface area contributed by atoms with E-state index in [1.54, 1.807) is 19.5 Å². The number of aryl methyl sites for hydroxylation is 2. The Bertz CT molecular complexity index is 1300. The summed E-state index contributed by atoms with van der Waals surface area (Å²) >= 11 is 0. The average Bonchev–Trinajstić information content (AvgIpc) is 3.43. The van der Waals surface area contributed by atoms with Gasteiger partial charge in [0.1, 0.15) is 17.4 Å². The molecule has 0 N–H and O–H groups in total. The molecule has 1 atom stereocenters. The first-order valence-corrected chi connectivity index (χ1v) is 11.1. The molecule has 0 fully saturated rings. The van der Waals surface area contributed by atoms with Gasteiger partial charge >= 0.3 is 0 Å². The molecule has 33 heavy (non-hydrogen) atoms. The predicted octanol–water partition coefficient (Wildman–Crippen LogP) is 5.35. The molecule has 168 valence electrons. The van der Waals surface area contributed by atoms with Gasteiger partial charge in [0.25, 0.3) is 0 Å². The summed E-state index contributed by atoms with van der Waals surface area (Å²) in [4.78, 5) is 9.16. The third-order valence-electron chi connectivity index (χ3n) is 6.17. The van der Waals surface area contributed by atoms with Crippen molar-refractivity contribution in [3.63, 3.8) is 0 Å². The van der Waals surface area contributed by atoms with Gasteiger partial charge in [0.05, 0.1) is 30.2 Å². The normalized spacial score (nSPS) is 23.5. The molecule has 6 nitrogen and oxygen atoms in total. The SMILES string of the molecule is COc1cc(/C=C/c2nc3n(n2)CCCC32/C=C/C=C(F)\C=C/C2)ccc1-n1cnc(C)c1. The molecule has 7 heteroatoms. The fourth-order valence-electron chi connectivity index (χ4n) is 4.53. The number of methoxy groups -OCH3 is 1. The molecular weight excluding hydrogens is 417 g/mol. The van der Waals surface area contributed by atoms with E-state index in [9.17, 15) is 4.39 Å². The first-order chi connectivity index (χ1) is 16.1. The van der Waals surface area contributed by atoms with E-state index in [1.807, 2.05) is 58.8 Å². The van der Waals surface area contributed by atoms with Gasteiger partial charge in [-0.2, -0.15) is 5.10 Å². The van der Waals surface area contributed by atoms with E-state index in [1.165, 1.54) is 12.2 Å². The molecule has 3 heterocycles. The molecule has 0 radical (unpaired) electrons. The number of aromatic nitrogens is 5. The van der Waals surface area contributed by atoms with Gasteiger partial charge in [-0.25, -0.2) is 19.0 Å². The lowest BCUT2D eigenvalue weighted by atomic mass is 9.76. The van der Waals surface area contributed by atoms with E-state index in [4.69, 9.17) is 14.8 Å². The number of imidazole rings is 1. The molecule has 1 aliphatic heterocycles. The Balaban J connectivity index is 1.43. The molecule has 5 rings (SSSR count). The highest BCUT2D eigenvalue weighted by Crippen LogP contribution is 2.38. The molecule has 1 aromatic carbocycles. The monoisotopic (exact) mass is 443 g/mol. The van der Waals surface area contributed by atoms with Gasteiger partial charge in [0, 0.05) is 12.7 Å². The second-order valence-corrected chi connectivity index (χ2v) is 8.48. The first-order valence-electron chi connectivity index (χ1n) is 11.1. The summed E-state index contributed by atoms with van der Waals surface area (Å²) < 4.78 is 23.1. The summed E-state index contributed by atoms with van der Waals surface area (Å²) in [5.41, 5.74) is 2.62. The van der Waals surface area contributed by atoms with Gasteiger partial charge in [-0.3, -0.25) is 0 Å². The minimum absolute atomic E-state index is 0.230. The molecule has 0 bridgehead atoms. The maximum absolute atomic E-state index is 13.6. The highest BCUT2D eigenvalue weighted by Gasteiger charge is 2.37. The van der Waals surface area contributed by atoms with Gasteiger partial charge in [-0.1, -0.05) is 30.4 Å². The number of halogens is 1. The lowest BCUT2D eigenvalue weighted by Crippen LogP contribution is -2.32. The van der Waals surface area contributed by atoms with Crippen LogP contribution in [0, 0.1) is 6.92 Å². The summed E-state index contributed by atoms with van der Waals surface area (Å²) in [5, 5.41) is 4.72. The Labute approximate surface area is 192 Å². The standard InChI is InChI=1S/C26H26FN5O/c1-19-17-31(18-28-19)22-10-8-20(16-23(22)33-2)9-11-24-29-25-26(14-5-15-32(25)30-24)12-3-6-21(27)7-4-13-26/h3-4,6-12,16-18H,5,13-15H2,1-2H3/b7-4-,11-9+,12-3+,21-6+. The van der Waals surface area contributed by atoms with Crippen LogP contribution in [0.3, 0.4) is 0 Å². The van der Waals surface area contributed by atoms with Crippen LogP contribution >= 0.6 is 0 Å². The van der Waals surface area contributed by atoms with E-state index in [0.717, 1.165) is 47.9 Å². The molecule has 0 amide bonds. The maximum Gasteiger partial charge on any atom is 0.174 e. The van der Waals surface area contributed by atoms with Crippen LogP contribution in [0.2, 0.25) is 0 Å². The predicted molar refractivity (Wildman–Crippen MR) is 127 cm³/mol. The van der Waals surface area contributed by atoms with Crippen LogP contribution < -0.4 is 4.74 Å². The van der Waals surface area contributed by atoms with Crippen LogP contribution in [-0.2, 0) is 12.0 Å². The number of allylic oxidation sites excluding steroid dienone is 6. The lowest BCUT2D eigenvalue weighted by molar-refractivity contribution is 0.345. The van der Waals surface area contributed by atoms with Crippen molar-refractivity contribution in [2.75, 3.05) is 7.11 Å². The zero-order chi connectivity index (χ0) is 22.8. The van der Waals surface area contributed by atoms with Crippen LogP contribution in [0.4, 0.5) is 4.39 Å². The fourth-order valence-corrected chi connectivity index (χ4v) is 4.53. The number of hydrogen-bond acceptors (Lipinski definition) is 4. The van der Waals surface area contributed by atoms with Crippen LogP contribution in [0.5, 0.6) is 5.75 Å². The van der Waals surface area contributed by atoms with Crippen molar-refractivity contribution in [3.05, 3.63) is 89.8 Å². The lowest BCUT2D eigenvalue weighted by Gasteiger charge is -2.33. The summed E-state index contributed by atoms with van der Waals surface area (Å²) in [5.74, 6) is 2.14. The molecule has 0 saturated heterocycles.